The van der Waals surface area contributed by atoms with Crippen molar-refractivity contribution in [2.45, 2.75) is 44.8 Å². The van der Waals surface area contributed by atoms with Crippen LogP contribution in [0.1, 0.15) is 42.2 Å². The lowest BCUT2D eigenvalue weighted by atomic mass is 10.2. The first-order valence-corrected chi connectivity index (χ1v) is 9.86. The fourth-order valence-corrected chi connectivity index (χ4v) is 3.71. The zero-order valence-corrected chi connectivity index (χ0v) is 16.8. The lowest BCUT2D eigenvalue weighted by Gasteiger charge is -2.25. The van der Waals surface area contributed by atoms with Gasteiger partial charge in [-0.15, -0.1) is 0 Å². The van der Waals surface area contributed by atoms with E-state index in [1.54, 1.807) is 26.1 Å². The molecule has 2 heterocycles. The minimum atomic E-state index is -0.649. The van der Waals surface area contributed by atoms with Crippen molar-refractivity contribution in [2.75, 3.05) is 11.5 Å². The Morgan fingerprint density at radius 2 is 1.97 bits per heavy atom. The zero-order valence-electron chi connectivity index (χ0n) is 16.8. The molecule has 1 saturated heterocycles. The van der Waals surface area contributed by atoms with Gasteiger partial charge in [-0.2, -0.15) is 0 Å². The van der Waals surface area contributed by atoms with Crippen LogP contribution in [-0.2, 0) is 27.9 Å². The summed E-state index contributed by atoms with van der Waals surface area (Å²) in [7, 11) is 1.66. The second-order valence-corrected chi connectivity index (χ2v) is 7.44. The molecule has 0 spiro atoms. The highest BCUT2D eigenvalue weighted by Crippen LogP contribution is 2.34. The van der Waals surface area contributed by atoms with Crippen LogP contribution in [0.5, 0.6) is 0 Å². The molecule has 10 heteroatoms. The van der Waals surface area contributed by atoms with Gasteiger partial charge in [0.05, 0.1) is 36.9 Å². The minimum Gasteiger partial charge on any atom is -0.462 e. The average Bonchev–Trinajstić information content (AvgIpc) is 3.46. The molecule has 0 bridgehead atoms. The Bertz CT molecular complexity index is 1040. The van der Waals surface area contributed by atoms with Gasteiger partial charge in [-0.3, -0.25) is 19.0 Å². The molecular formula is C20H23N4O6+. The van der Waals surface area contributed by atoms with Gasteiger partial charge in [0.25, 0.3) is 5.91 Å². The van der Waals surface area contributed by atoms with Crippen molar-refractivity contribution in [1.29, 1.82) is 0 Å². The van der Waals surface area contributed by atoms with Crippen molar-refractivity contribution in [1.82, 2.24) is 10.2 Å². The van der Waals surface area contributed by atoms with Gasteiger partial charge in [0.15, 0.2) is 7.05 Å². The smallest absolute Gasteiger partial charge is 0.431 e. The summed E-state index contributed by atoms with van der Waals surface area (Å²) in [4.78, 5) is 52.7. The van der Waals surface area contributed by atoms with Gasteiger partial charge in [-0.25, -0.2) is 14.5 Å². The number of hydrogen-bond acceptors (Lipinski definition) is 7. The molecule has 1 aliphatic heterocycles. The zero-order chi connectivity index (χ0) is 21.4. The number of H-pyrrole nitrogens is 1. The minimum absolute atomic E-state index is 0.0361. The number of aromatic amines is 1. The first-order chi connectivity index (χ1) is 14.4. The summed E-state index contributed by atoms with van der Waals surface area (Å²) in [6, 6.07) is 5.69. The van der Waals surface area contributed by atoms with Gasteiger partial charge in [-0.1, -0.05) is 4.68 Å². The third-order valence-corrected chi connectivity index (χ3v) is 5.42. The number of esters is 1. The monoisotopic (exact) mass is 415 g/mol. The standard InChI is InChI=1S/C20H22N4O6/c1-3-29-19(27)12-4-6-14(7-5-12)24-17(25)10-15(18(24)26)23(13-8-9-13)11-16-20(28)30-21-22(16)2/h4-7,13,15H,3,8-11H2,1-2H3/p+1. The molecule has 1 saturated carbocycles. The lowest BCUT2D eigenvalue weighted by Crippen LogP contribution is -2.47. The molecule has 4 rings (SSSR count). The number of aryl methyl sites for hydroxylation is 1. The van der Waals surface area contributed by atoms with Crippen molar-refractivity contribution in [2.24, 2.45) is 7.05 Å². The topological polar surface area (TPSA) is 117 Å². The molecule has 2 fully saturated rings. The number of hydrogen-bond donors (Lipinski definition) is 1. The number of ether oxygens (including phenoxy) is 1. The van der Waals surface area contributed by atoms with Gasteiger partial charge in [-0.05, 0) is 49.3 Å². The molecule has 0 radical (unpaired) electrons. The van der Waals surface area contributed by atoms with Gasteiger partial charge >= 0.3 is 17.3 Å². The Labute approximate surface area is 171 Å². The predicted molar refractivity (Wildman–Crippen MR) is 102 cm³/mol. The fraction of sp³-hybridized carbons (Fsp3) is 0.450. The lowest BCUT2D eigenvalue weighted by molar-refractivity contribution is -0.747. The first kappa shape index (κ1) is 20.0. The van der Waals surface area contributed by atoms with Gasteiger partial charge in [0.1, 0.15) is 0 Å². The largest absolute Gasteiger partial charge is 0.462 e. The molecule has 2 amide bonds. The Balaban J connectivity index is 1.55. The predicted octanol–water partition coefficient (Wildman–Crippen LogP) is 0.266. The van der Waals surface area contributed by atoms with Crippen LogP contribution >= 0.6 is 0 Å². The highest BCUT2D eigenvalue weighted by Gasteiger charge is 2.48. The highest BCUT2D eigenvalue weighted by molar-refractivity contribution is 6.22. The maximum atomic E-state index is 13.2. The molecule has 1 aromatic heterocycles. The number of imide groups is 1. The summed E-state index contributed by atoms with van der Waals surface area (Å²) >= 11 is 0. The second-order valence-electron chi connectivity index (χ2n) is 7.44. The average molecular weight is 415 g/mol. The molecular weight excluding hydrogens is 392 g/mol. The van der Waals surface area contributed by atoms with E-state index in [0.717, 1.165) is 17.7 Å². The second kappa shape index (κ2) is 7.86. The van der Waals surface area contributed by atoms with Crippen LogP contribution in [0, 0.1) is 0 Å². The summed E-state index contributed by atoms with van der Waals surface area (Å²) in [5, 5.41) is 2.47. The highest BCUT2D eigenvalue weighted by atomic mass is 16.5. The number of carbonyl (C=O) groups excluding carboxylic acids is 3. The number of aromatic nitrogens is 2. The Kier molecular flexibility index (Phi) is 5.25. The molecule has 30 heavy (non-hydrogen) atoms. The van der Waals surface area contributed by atoms with E-state index in [2.05, 4.69) is 5.27 Å². The van der Waals surface area contributed by atoms with Crippen LogP contribution in [0.4, 0.5) is 5.69 Å². The van der Waals surface area contributed by atoms with Crippen LogP contribution < -0.4 is 15.2 Å². The number of rotatable bonds is 7. The number of nitrogens with one attached hydrogen (secondary N) is 1. The van der Waals surface area contributed by atoms with Gasteiger partial charge in [0.2, 0.25) is 5.91 Å². The van der Waals surface area contributed by atoms with Crippen LogP contribution in [0.3, 0.4) is 0 Å². The SMILES string of the molecule is CCOC(=O)c1ccc(N2C(=O)CC(N(Cc3c(=O)o[nH][n+]3C)C3CC3)C2=O)cc1. The summed E-state index contributed by atoms with van der Waals surface area (Å²) in [6.07, 6.45) is 1.85. The van der Waals surface area contributed by atoms with Gasteiger partial charge in [0, 0.05) is 6.04 Å². The van der Waals surface area contributed by atoms with Crippen LogP contribution in [0.2, 0.25) is 0 Å². The van der Waals surface area contributed by atoms with E-state index in [1.165, 1.54) is 16.8 Å². The third kappa shape index (κ3) is 3.65. The van der Waals surface area contributed by atoms with E-state index in [0.29, 0.717) is 16.9 Å². The maximum Gasteiger partial charge on any atom is 0.431 e. The van der Waals surface area contributed by atoms with Crippen molar-refractivity contribution in [3.8, 4) is 0 Å². The molecule has 158 valence electrons. The number of benzene rings is 1. The van der Waals surface area contributed by atoms with Gasteiger partial charge < -0.3 is 4.74 Å². The van der Waals surface area contributed by atoms with Crippen LogP contribution in [0.15, 0.2) is 33.6 Å². The maximum absolute atomic E-state index is 13.2. The molecule has 1 aromatic carbocycles. The molecule has 1 aliphatic carbocycles. The first-order valence-electron chi connectivity index (χ1n) is 9.86. The Morgan fingerprint density at radius 3 is 2.53 bits per heavy atom. The van der Waals surface area contributed by atoms with E-state index in [-0.39, 0.29) is 37.4 Å². The third-order valence-electron chi connectivity index (χ3n) is 5.42. The van der Waals surface area contributed by atoms with Crippen LogP contribution in [0.25, 0.3) is 0 Å². The Hall–Kier alpha value is -3.27. The number of nitrogens with zero attached hydrogens (tertiary/aromatic N) is 3. The molecule has 1 N–H and O–H groups in total. The van der Waals surface area contributed by atoms with E-state index < -0.39 is 17.6 Å². The summed E-state index contributed by atoms with van der Waals surface area (Å²) in [6.45, 7) is 2.20. The van der Waals surface area contributed by atoms with Crippen molar-refractivity contribution in [3.05, 3.63) is 45.9 Å². The molecule has 10 nitrogen and oxygen atoms in total. The fourth-order valence-electron chi connectivity index (χ4n) is 3.71. The van der Waals surface area contributed by atoms with Crippen molar-refractivity contribution in [3.63, 3.8) is 0 Å². The van der Waals surface area contributed by atoms with Crippen LogP contribution in [-0.4, -0.2) is 46.6 Å². The summed E-state index contributed by atoms with van der Waals surface area (Å²) in [5.41, 5.74) is 0.649. The summed E-state index contributed by atoms with van der Waals surface area (Å²) in [5.74, 6) is -1.11. The summed E-state index contributed by atoms with van der Waals surface area (Å²) < 4.78 is 11.2. The van der Waals surface area contributed by atoms with Crippen molar-refractivity contribution >= 4 is 23.5 Å². The Morgan fingerprint density at radius 1 is 1.27 bits per heavy atom. The normalized spacial score (nSPS) is 19.0. The van der Waals surface area contributed by atoms with E-state index >= 15 is 0 Å². The van der Waals surface area contributed by atoms with E-state index in [4.69, 9.17) is 9.26 Å². The van der Waals surface area contributed by atoms with E-state index in [9.17, 15) is 19.2 Å². The number of anilines is 1. The van der Waals surface area contributed by atoms with Crippen molar-refractivity contribution < 1.29 is 28.3 Å². The molecule has 1 atom stereocenters. The quantitative estimate of drug-likeness (QED) is 0.392. The molecule has 2 aromatic rings. The van der Waals surface area contributed by atoms with E-state index in [1.807, 2.05) is 4.90 Å². The number of amides is 2. The molecule has 1 unspecified atom stereocenters. The number of carbonyl (C=O) groups is 3. The molecule has 2 aliphatic rings.